The fraction of sp³-hybridized carbons (Fsp3) is 0.200. The molecule has 0 unspecified atom stereocenters. The van der Waals surface area contributed by atoms with E-state index in [9.17, 15) is 0 Å². The van der Waals surface area contributed by atoms with Crippen molar-refractivity contribution in [3.8, 4) is 10.9 Å². The summed E-state index contributed by atoms with van der Waals surface area (Å²) in [6.07, 6.45) is 2.04. The topological polar surface area (TPSA) is 35.0 Å². The fourth-order valence-corrected chi connectivity index (χ4v) is 2.26. The molecule has 0 bridgehead atoms. The van der Waals surface area contributed by atoms with Crippen LogP contribution in [0.2, 0.25) is 0 Å². The molecule has 1 aromatic carbocycles. The predicted octanol–water partition coefficient (Wildman–Crippen LogP) is 3.79. The second kappa shape index (κ2) is 5.52. The highest BCUT2D eigenvalue weighted by molar-refractivity contribution is 7.98. The molecule has 0 amide bonds. The number of thioether (sulfide) groups is 1. The average molecular weight is 273 g/mol. The molecular weight excluding hydrogens is 264 g/mol. The molecule has 6 heteroatoms. The first-order valence-corrected chi connectivity index (χ1v) is 7.09. The van der Waals surface area contributed by atoms with Crippen LogP contribution in [-0.2, 0) is 5.88 Å². The molecule has 2 rings (SSSR count). The first-order chi connectivity index (χ1) is 7.81. The second-order valence-corrected chi connectivity index (χ2v) is 5.04. The van der Waals surface area contributed by atoms with E-state index in [1.54, 1.807) is 11.8 Å². The zero-order valence-electron chi connectivity index (χ0n) is 8.51. The molecule has 1 aromatic heterocycles. The van der Waals surface area contributed by atoms with Gasteiger partial charge in [0.15, 0.2) is 0 Å². The van der Waals surface area contributed by atoms with Crippen molar-refractivity contribution in [3.63, 3.8) is 0 Å². The largest absolute Gasteiger partial charge is 0.430 e. The van der Waals surface area contributed by atoms with Crippen molar-refractivity contribution in [2.24, 2.45) is 0 Å². The van der Waals surface area contributed by atoms with Gasteiger partial charge in [-0.05, 0) is 30.5 Å². The molecule has 0 aliphatic heterocycles. The van der Waals surface area contributed by atoms with Crippen molar-refractivity contribution in [3.05, 3.63) is 29.3 Å². The summed E-state index contributed by atoms with van der Waals surface area (Å²) in [5, 5.41) is 9.04. The number of hydrogen-bond donors (Lipinski definition) is 0. The lowest BCUT2D eigenvalue weighted by molar-refractivity contribution is 0.472. The van der Waals surface area contributed by atoms with Crippen molar-refractivity contribution in [2.45, 2.75) is 10.8 Å². The Balaban J connectivity index is 2.08. The van der Waals surface area contributed by atoms with E-state index in [0.29, 0.717) is 11.1 Å². The molecule has 3 nitrogen and oxygen atoms in total. The SMILES string of the molecule is CSc1ccc(Oc2nnc(CCl)s2)cc1. The quantitative estimate of drug-likeness (QED) is 0.627. The van der Waals surface area contributed by atoms with E-state index in [1.807, 2.05) is 30.5 Å². The molecule has 0 aliphatic carbocycles. The molecular formula is C10H9ClN2OS2. The highest BCUT2D eigenvalue weighted by Crippen LogP contribution is 2.27. The Hall–Kier alpha value is -0.780. The van der Waals surface area contributed by atoms with Gasteiger partial charge in [-0.1, -0.05) is 16.4 Å². The molecule has 0 aliphatic rings. The van der Waals surface area contributed by atoms with Crippen molar-refractivity contribution >= 4 is 34.7 Å². The van der Waals surface area contributed by atoms with Crippen LogP contribution in [-0.4, -0.2) is 16.5 Å². The van der Waals surface area contributed by atoms with E-state index >= 15 is 0 Å². The van der Waals surface area contributed by atoms with Crippen molar-refractivity contribution in [2.75, 3.05) is 6.26 Å². The Morgan fingerprint density at radius 2 is 2.06 bits per heavy atom. The number of alkyl halides is 1. The predicted molar refractivity (Wildman–Crippen MR) is 67.8 cm³/mol. The molecule has 0 atom stereocenters. The lowest BCUT2D eigenvalue weighted by Crippen LogP contribution is -1.82. The van der Waals surface area contributed by atoms with Crippen LogP contribution in [0.1, 0.15) is 5.01 Å². The van der Waals surface area contributed by atoms with Crippen molar-refractivity contribution < 1.29 is 4.74 Å². The third-order valence-corrected chi connectivity index (χ3v) is 3.78. The molecule has 0 radical (unpaired) electrons. The van der Waals surface area contributed by atoms with Crippen LogP contribution >= 0.6 is 34.7 Å². The summed E-state index contributed by atoms with van der Waals surface area (Å²) in [4.78, 5) is 1.20. The lowest BCUT2D eigenvalue weighted by Gasteiger charge is -2.01. The van der Waals surface area contributed by atoms with Gasteiger partial charge >= 0.3 is 0 Å². The van der Waals surface area contributed by atoms with Gasteiger partial charge < -0.3 is 4.74 Å². The van der Waals surface area contributed by atoms with Gasteiger partial charge in [0.05, 0.1) is 5.88 Å². The maximum Gasteiger partial charge on any atom is 0.299 e. The Morgan fingerprint density at radius 3 is 2.62 bits per heavy atom. The summed E-state index contributed by atoms with van der Waals surface area (Å²) in [6.45, 7) is 0. The van der Waals surface area contributed by atoms with E-state index in [-0.39, 0.29) is 0 Å². The van der Waals surface area contributed by atoms with Crippen LogP contribution in [0.3, 0.4) is 0 Å². The maximum atomic E-state index is 5.63. The van der Waals surface area contributed by atoms with Gasteiger partial charge in [-0.2, -0.15) is 0 Å². The third-order valence-electron chi connectivity index (χ3n) is 1.83. The average Bonchev–Trinajstić information content (AvgIpc) is 2.78. The number of benzene rings is 1. The molecule has 0 N–H and O–H groups in total. The summed E-state index contributed by atoms with van der Waals surface area (Å²) in [5.74, 6) is 1.13. The van der Waals surface area contributed by atoms with E-state index in [2.05, 4.69) is 10.2 Å². The van der Waals surface area contributed by atoms with Crippen LogP contribution in [0, 0.1) is 0 Å². The monoisotopic (exact) mass is 272 g/mol. The fourth-order valence-electron chi connectivity index (χ4n) is 1.08. The zero-order valence-corrected chi connectivity index (χ0v) is 10.9. The minimum atomic E-state index is 0.367. The number of ether oxygens (including phenoxy) is 1. The van der Waals surface area contributed by atoms with E-state index in [4.69, 9.17) is 16.3 Å². The van der Waals surface area contributed by atoms with Gasteiger partial charge in [-0.3, -0.25) is 0 Å². The van der Waals surface area contributed by atoms with Gasteiger partial charge in [-0.15, -0.1) is 28.5 Å². The third kappa shape index (κ3) is 2.87. The maximum absolute atomic E-state index is 5.63. The first kappa shape index (κ1) is 11.7. The molecule has 0 saturated heterocycles. The summed E-state index contributed by atoms with van der Waals surface area (Å²) < 4.78 is 5.54. The lowest BCUT2D eigenvalue weighted by atomic mass is 10.3. The highest BCUT2D eigenvalue weighted by atomic mass is 35.5. The molecule has 0 spiro atoms. The van der Waals surface area contributed by atoms with Crippen LogP contribution in [0.15, 0.2) is 29.2 Å². The van der Waals surface area contributed by atoms with Gasteiger partial charge in [0.25, 0.3) is 5.19 Å². The van der Waals surface area contributed by atoms with Crippen LogP contribution in [0.5, 0.6) is 10.9 Å². The Morgan fingerprint density at radius 1 is 1.31 bits per heavy atom. The van der Waals surface area contributed by atoms with Crippen LogP contribution in [0.4, 0.5) is 0 Å². The smallest absolute Gasteiger partial charge is 0.299 e. The molecule has 84 valence electrons. The Labute approximate surface area is 107 Å². The summed E-state index contributed by atoms with van der Waals surface area (Å²) >= 11 is 8.68. The van der Waals surface area contributed by atoms with E-state index < -0.39 is 0 Å². The summed E-state index contributed by atoms with van der Waals surface area (Å²) in [5.41, 5.74) is 0. The second-order valence-electron chi connectivity index (χ2n) is 2.87. The molecule has 2 aromatic rings. The first-order valence-electron chi connectivity index (χ1n) is 4.52. The summed E-state index contributed by atoms with van der Waals surface area (Å²) in [7, 11) is 0. The van der Waals surface area contributed by atoms with Crippen LogP contribution in [0.25, 0.3) is 0 Å². The number of nitrogens with zero attached hydrogens (tertiary/aromatic N) is 2. The van der Waals surface area contributed by atoms with Gasteiger partial charge in [-0.25, -0.2) is 0 Å². The Kier molecular flexibility index (Phi) is 4.04. The minimum Gasteiger partial charge on any atom is -0.430 e. The molecule has 1 heterocycles. The van der Waals surface area contributed by atoms with E-state index in [0.717, 1.165) is 10.8 Å². The van der Waals surface area contributed by atoms with Crippen LogP contribution < -0.4 is 4.74 Å². The number of aromatic nitrogens is 2. The highest BCUT2D eigenvalue weighted by Gasteiger charge is 2.05. The standard InChI is InChI=1S/C10H9ClN2OS2/c1-15-8-4-2-7(3-5-8)14-10-13-12-9(6-11)16-10/h2-5H,6H2,1H3. The van der Waals surface area contributed by atoms with Gasteiger partial charge in [0.1, 0.15) is 10.8 Å². The molecule has 16 heavy (non-hydrogen) atoms. The van der Waals surface area contributed by atoms with Gasteiger partial charge in [0.2, 0.25) is 0 Å². The number of hydrogen-bond acceptors (Lipinski definition) is 5. The van der Waals surface area contributed by atoms with Crippen molar-refractivity contribution in [1.82, 2.24) is 10.2 Å². The zero-order chi connectivity index (χ0) is 11.4. The normalized spacial score (nSPS) is 10.4. The molecule has 0 fully saturated rings. The molecule has 0 saturated carbocycles. The van der Waals surface area contributed by atoms with Crippen molar-refractivity contribution in [1.29, 1.82) is 0 Å². The van der Waals surface area contributed by atoms with E-state index in [1.165, 1.54) is 16.2 Å². The Bertz CT molecular complexity index is 458. The summed E-state index contributed by atoms with van der Waals surface area (Å²) in [6, 6.07) is 7.83. The number of rotatable bonds is 4. The minimum absolute atomic E-state index is 0.367. The van der Waals surface area contributed by atoms with Gasteiger partial charge in [0, 0.05) is 4.90 Å². The number of halogens is 1.